The summed E-state index contributed by atoms with van der Waals surface area (Å²) in [5, 5.41) is -1.01. The lowest BCUT2D eigenvalue weighted by Gasteiger charge is -2.19. The fourth-order valence-corrected chi connectivity index (χ4v) is 2.98. The molecule has 1 aliphatic rings. The SMILES string of the molecule is CC(=O)O[C@H]1[C@@H](Cl)[C@H](n2ccc(=O)[nH]c2=O)O[C@@H]1COS(C)(=O)=O. The normalized spacial score (nSPS) is 27.1. The molecule has 12 heteroatoms. The molecule has 1 saturated heterocycles. The Balaban J connectivity index is 2.29. The Morgan fingerprint density at radius 2 is 2.12 bits per heavy atom. The molecular formula is C12H15ClN2O8S. The number of esters is 1. The summed E-state index contributed by atoms with van der Waals surface area (Å²) in [4.78, 5) is 36.3. The number of H-pyrrole nitrogens is 1. The standard InChI is InChI=1S/C12H15ClN2O8S/c1-6(16)22-10-7(5-21-24(2,19)20)23-11(9(10)13)15-4-3-8(17)14-12(15)18/h3-4,7,9-11H,5H2,1-2H3,(H,14,17,18)/t7-,9-,10-,11-/m1/s1. The summed E-state index contributed by atoms with van der Waals surface area (Å²) in [6.45, 7) is 0.701. The van der Waals surface area contributed by atoms with Gasteiger partial charge in [0.1, 0.15) is 11.5 Å². The van der Waals surface area contributed by atoms with E-state index in [-0.39, 0.29) is 0 Å². The summed E-state index contributed by atoms with van der Waals surface area (Å²) in [5.74, 6) is -0.659. The van der Waals surface area contributed by atoms with Crippen LogP contribution in [0.25, 0.3) is 0 Å². The van der Waals surface area contributed by atoms with E-state index in [0.717, 1.165) is 23.8 Å². The molecule has 134 valence electrons. The topological polar surface area (TPSA) is 134 Å². The van der Waals surface area contributed by atoms with Crippen LogP contribution < -0.4 is 11.2 Å². The number of aromatic nitrogens is 2. The Bertz CT molecular complexity index is 832. The van der Waals surface area contributed by atoms with Crippen LogP contribution in [-0.2, 0) is 28.6 Å². The number of carbonyl (C=O) groups excluding carboxylic acids is 1. The minimum Gasteiger partial charge on any atom is -0.458 e. The van der Waals surface area contributed by atoms with Crippen molar-refractivity contribution >= 4 is 27.7 Å². The molecule has 0 spiro atoms. The Labute approximate surface area is 141 Å². The van der Waals surface area contributed by atoms with E-state index in [2.05, 4.69) is 4.18 Å². The van der Waals surface area contributed by atoms with Crippen LogP contribution in [0, 0.1) is 0 Å². The summed E-state index contributed by atoms with van der Waals surface area (Å²) in [7, 11) is -3.76. The molecule has 0 unspecified atom stereocenters. The van der Waals surface area contributed by atoms with E-state index in [0.29, 0.717) is 0 Å². The van der Waals surface area contributed by atoms with Gasteiger partial charge in [0.05, 0.1) is 12.9 Å². The smallest absolute Gasteiger partial charge is 0.330 e. The van der Waals surface area contributed by atoms with Gasteiger partial charge in [-0.15, -0.1) is 11.6 Å². The highest BCUT2D eigenvalue weighted by molar-refractivity contribution is 7.85. The Morgan fingerprint density at radius 1 is 1.46 bits per heavy atom. The number of ether oxygens (including phenoxy) is 2. The molecule has 2 rings (SSSR count). The number of alkyl halides is 1. The number of rotatable bonds is 5. The van der Waals surface area contributed by atoms with Gasteiger partial charge >= 0.3 is 11.7 Å². The minimum absolute atomic E-state index is 0.450. The minimum atomic E-state index is -3.76. The van der Waals surface area contributed by atoms with Crippen molar-refractivity contribution < 1.29 is 26.9 Å². The van der Waals surface area contributed by atoms with Gasteiger partial charge in [-0.25, -0.2) is 4.79 Å². The van der Waals surface area contributed by atoms with Crippen LogP contribution in [0.15, 0.2) is 21.9 Å². The predicted molar refractivity (Wildman–Crippen MR) is 81.2 cm³/mol. The van der Waals surface area contributed by atoms with Crippen molar-refractivity contribution in [3.63, 3.8) is 0 Å². The molecule has 1 aromatic heterocycles. The van der Waals surface area contributed by atoms with Crippen LogP contribution in [0.1, 0.15) is 13.2 Å². The van der Waals surface area contributed by atoms with Gasteiger partial charge in [-0.2, -0.15) is 8.42 Å². The molecule has 1 N–H and O–H groups in total. The molecule has 0 amide bonds. The van der Waals surface area contributed by atoms with E-state index >= 15 is 0 Å². The quantitative estimate of drug-likeness (QED) is 0.387. The van der Waals surface area contributed by atoms with Gasteiger partial charge in [0, 0.05) is 19.2 Å². The number of nitrogens with zero attached hydrogens (tertiary/aromatic N) is 1. The zero-order valence-corrected chi connectivity index (χ0v) is 14.2. The van der Waals surface area contributed by atoms with Gasteiger partial charge in [-0.3, -0.25) is 23.3 Å². The number of hydrogen-bond donors (Lipinski definition) is 1. The second kappa shape index (κ2) is 7.05. The van der Waals surface area contributed by atoms with Crippen molar-refractivity contribution in [3.05, 3.63) is 33.1 Å². The third-order valence-corrected chi connectivity index (χ3v) is 4.17. The van der Waals surface area contributed by atoms with Crippen molar-refractivity contribution in [2.75, 3.05) is 12.9 Å². The second-order valence-electron chi connectivity index (χ2n) is 5.09. The molecule has 0 aromatic carbocycles. The van der Waals surface area contributed by atoms with E-state index in [1.807, 2.05) is 4.98 Å². The largest absolute Gasteiger partial charge is 0.458 e. The number of halogens is 1. The van der Waals surface area contributed by atoms with Gasteiger partial charge in [-0.1, -0.05) is 0 Å². The second-order valence-corrected chi connectivity index (χ2v) is 7.24. The monoisotopic (exact) mass is 382 g/mol. The van der Waals surface area contributed by atoms with Crippen molar-refractivity contribution in [1.29, 1.82) is 0 Å². The molecule has 0 radical (unpaired) electrons. The zero-order valence-electron chi connectivity index (χ0n) is 12.7. The first-order valence-corrected chi connectivity index (χ1v) is 8.96. The first-order valence-electron chi connectivity index (χ1n) is 6.71. The van der Waals surface area contributed by atoms with Crippen LogP contribution in [0.2, 0.25) is 0 Å². The highest BCUT2D eigenvalue weighted by Crippen LogP contribution is 2.34. The first-order chi connectivity index (χ1) is 11.1. The lowest BCUT2D eigenvalue weighted by atomic mass is 10.2. The third-order valence-electron chi connectivity index (χ3n) is 3.14. The van der Waals surface area contributed by atoms with E-state index < -0.39 is 57.8 Å². The van der Waals surface area contributed by atoms with Crippen molar-refractivity contribution in [1.82, 2.24) is 9.55 Å². The zero-order chi connectivity index (χ0) is 18.1. The lowest BCUT2D eigenvalue weighted by molar-refractivity contribution is -0.149. The molecule has 10 nitrogen and oxygen atoms in total. The molecule has 1 fully saturated rings. The molecule has 2 heterocycles. The summed E-state index contributed by atoms with van der Waals surface area (Å²) >= 11 is 6.22. The van der Waals surface area contributed by atoms with Crippen molar-refractivity contribution in [3.8, 4) is 0 Å². The predicted octanol–water partition coefficient (Wildman–Crippen LogP) is -1.05. The van der Waals surface area contributed by atoms with Crippen LogP contribution in [0.4, 0.5) is 0 Å². The fourth-order valence-electron chi connectivity index (χ4n) is 2.20. The molecule has 0 saturated carbocycles. The molecule has 1 aliphatic heterocycles. The molecule has 24 heavy (non-hydrogen) atoms. The average Bonchev–Trinajstić information content (AvgIpc) is 2.73. The van der Waals surface area contributed by atoms with Gasteiger partial charge in [0.25, 0.3) is 15.7 Å². The summed E-state index contributed by atoms with van der Waals surface area (Å²) in [5.41, 5.74) is -1.38. The van der Waals surface area contributed by atoms with Gasteiger partial charge in [-0.05, 0) is 0 Å². The van der Waals surface area contributed by atoms with Crippen LogP contribution in [-0.4, -0.2) is 54.4 Å². The number of hydrogen-bond acceptors (Lipinski definition) is 8. The van der Waals surface area contributed by atoms with Gasteiger partial charge in [0.15, 0.2) is 12.3 Å². The van der Waals surface area contributed by atoms with E-state index in [1.165, 1.54) is 6.20 Å². The third kappa shape index (κ3) is 4.44. The Hall–Kier alpha value is -1.69. The van der Waals surface area contributed by atoms with Crippen LogP contribution in [0.3, 0.4) is 0 Å². The maximum absolute atomic E-state index is 11.9. The average molecular weight is 383 g/mol. The molecular weight excluding hydrogens is 368 g/mol. The maximum atomic E-state index is 11.9. The molecule has 1 aromatic rings. The maximum Gasteiger partial charge on any atom is 0.330 e. The highest BCUT2D eigenvalue weighted by Gasteiger charge is 2.47. The molecule has 0 aliphatic carbocycles. The molecule has 0 bridgehead atoms. The van der Waals surface area contributed by atoms with Crippen LogP contribution in [0.5, 0.6) is 0 Å². The number of nitrogens with one attached hydrogen (secondary N) is 1. The summed E-state index contributed by atoms with van der Waals surface area (Å²) < 4.78 is 38.5. The van der Waals surface area contributed by atoms with Crippen molar-refractivity contribution in [2.45, 2.75) is 30.7 Å². The summed E-state index contributed by atoms with van der Waals surface area (Å²) in [6.07, 6.45) is -1.13. The van der Waals surface area contributed by atoms with Crippen LogP contribution >= 0.6 is 11.6 Å². The highest BCUT2D eigenvalue weighted by atomic mass is 35.5. The van der Waals surface area contributed by atoms with E-state index in [1.54, 1.807) is 0 Å². The number of aromatic amines is 1. The summed E-state index contributed by atoms with van der Waals surface area (Å²) in [6, 6.07) is 1.09. The molecule has 4 atom stereocenters. The lowest BCUT2D eigenvalue weighted by Crippen LogP contribution is -2.37. The van der Waals surface area contributed by atoms with E-state index in [4.69, 9.17) is 21.1 Å². The fraction of sp³-hybridized carbons (Fsp3) is 0.583. The van der Waals surface area contributed by atoms with Crippen molar-refractivity contribution in [2.24, 2.45) is 0 Å². The first kappa shape index (κ1) is 18.6. The van der Waals surface area contributed by atoms with Gasteiger partial charge < -0.3 is 9.47 Å². The van der Waals surface area contributed by atoms with E-state index in [9.17, 15) is 22.8 Å². The number of carbonyl (C=O) groups is 1. The Kier molecular flexibility index (Phi) is 5.48. The van der Waals surface area contributed by atoms with Gasteiger partial charge in [0.2, 0.25) is 0 Å². The Morgan fingerprint density at radius 3 is 2.67 bits per heavy atom.